The van der Waals surface area contributed by atoms with Gasteiger partial charge < -0.3 is 14.6 Å². The van der Waals surface area contributed by atoms with E-state index in [1.807, 2.05) is 0 Å². The fourth-order valence-electron chi connectivity index (χ4n) is 2.06. The lowest BCUT2D eigenvalue weighted by atomic mass is 10.2. The maximum atomic E-state index is 10.5. The molecular weight excluding hydrogens is 324 g/mol. The number of carboxylic acids is 1. The predicted octanol–water partition coefficient (Wildman–Crippen LogP) is 5.06. The Hall–Kier alpha value is -1.87. The summed E-state index contributed by atoms with van der Waals surface area (Å²) >= 11 is 0. The third-order valence-corrected chi connectivity index (χ3v) is 3.62. The number of carbonyl (C=O) groups excluding carboxylic acids is 1. The van der Waals surface area contributed by atoms with Crippen LogP contribution < -0.4 is 5.11 Å². The Morgan fingerprint density at radius 3 is 1.73 bits per heavy atom. The molecule has 0 radical (unpaired) electrons. The molecule has 0 bridgehead atoms. The molecule has 1 unspecified atom stereocenters. The Labute approximate surface area is 159 Å². The molecule has 3 nitrogen and oxygen atoms in total. The summed E-state index contributed by atoms with van der Waals surface area (Å²) in [5.41, 5.74) is 0. The molecule has 0 heterocycles. The van der Waals surface area contributed by atoms with E-state index in [4.69, 9.17) is 4.74 Å². The third-order valence-electron chi connectivity index (χ3n) is 3.62. The van der Waals surface area contributed by atoms with Crippen LogP contribution in [0.3, 0.4) is 0 Å². The molecule has 0 aromatic rings. The zero-order valence-electron chi connectivity index (χ0n) is 16.4. The van der Waals surface area contributed by atoms with Crippen molar-refractivity contribution < 1.29 is 14.6 Å². The average Bonchev–Trinajstić information content (AvgIpc) is 2.63. The van der Waals surface area contributed by atoms with E-state index in [-0.39, 0.29) is 0 Å². The highest BCUT2D eigenvalue weighted by Gasteiger charge is 2.00. The second-order valence-electron chi connectivity index (χ2n) is 6.04. The molecule has 0 fully saturated rings. The van der Waals surface area contributed by atoms with Gasteiger partial charge in [-0.1, -0.05) is 67.7 Å². The number of unbranched alkanes of at least 4 members (excludes halogenated alkanes) is 2. The molecule has 26 heavy (non-hydrogen) atoms. The van der Waals surface area contributed by atoms with Crippen LogP contribution in [0.1, 0.15) is 65.2 Å². The molecule has 0 saturated carbocycles. The van der Waals surface area contributed by atoms with Crippen molar-refractivity contribution in [3.63, 3.8) is 0 Å². The average molecular weight is 360 g/mol. The van der Waals surface area contributed by atoms with Gasteiger partial charge in [0.15, 0.2) is 0 Å². The molecule has 0 aliphatic rings. The number of allylic oxidation sites excluding steroid dienone is 10. The highest BCUT2D eigenvalue weighted by molar-refractivity contribution is 5.69. The number of carbonyl (C=O) groups is 1. The van der Waals surface area contributed by atoms with Crippen LogP contribution in [0.25, 0.3) is 0 Å². The van der Waals surface area contributed by atoms with Gasteiger partial charge in [0.05, 0.1) is 12.1 Å². The highest BCUT2D eigenvalue weighted by atomic mass is 16.5. The summed E-state index contributed by atoms with van der Waals surface area (Å²) in [6, 6.07) is 0. The topological polar surface area (TPSA) is 49.4 Å². The predicted molar refractivity (Wildman–Crippen MR) is 109 cm³/mol. The first-order valence-corrected chi connectivity index (χ1v) is 9.75. The summed E-state index contributed by atoms with van der Waals surface area (Å²) in [4.78, 5) is 10.5. The quantitative estimate of drug-likeness (QED) is 0.286. The van der Waals surface area contributed by atoms with Gasteiger partial charge in [0.25, 0.3) is 0 Å². The largest absolute Gasteiger partial charge is 0.547 e. The monoisotopic (exact) mass is 359 g/mol. The smallest absolute Gasteiger partial charge is 0.0940 e. The standard InChI is InChI=1S/C23H36O3/c1-3-4-5-6-7-8-9-10-11-12-13-14-15-16-17-18-19-20-21-26-22(2)23(24)25/h4-5,7-8,10-11,13-14,16-17,22H,3,6,9,12,15,18-21H2,1-2H3,(H,24,25)/p-1/b5-4-,8-7-,11-10-,14-13-,17-16-. The van der Waals surface area contributed by atoms with E-state index in [0.29, 0.717) is 6.61 Å². The number of carboxylic acid groups (broad SMARTS) is 1. The van der Waals surface area contributed by atoms with Crippen LogP contribution in [0.4, 0.5) is 0 Å². The van der Waals surface area contributed by atoms with Crippen LogP contribution in [-0.2, 0) is 9.53 Å². The molecule has 1 atom stereocenters. The van der Waals surface area contributed by atoms with E-state index in [1.165, 1.54) is 6.92 Å². The lowest BCUT2D eigenvalue weighted by Gasteiger charge is -2.12. The van der Waals surface area contributed by atoms with Gasteiger partial charge in [-0.25, -0.2) is 0 Å². The fourth-order valence-corrected chi connectivity index (χ4v) is 2.06. The number of rotatable bonds is 16. The minimum atomic E-state index is -1.15. The van der Waals surface area contributed by atoms with Crippen molar-refractivity contribution in [1.29, 1.82) is 0 Å². The van der Waals surface area contributed by atoms with Crippen molar-refractivity contribution in [1.82, 2.24) is 0 Å². The van der Waals surface area contributed by atoms with Crippen molar-refractivity contribution in [3.05, 3.63) is 60.8 Å². The van der Waals surface area contributed by atoms with Crippen molar-refractivity contribution in [2.45, 2.75) is 71.3 Å². The van der Waals surface area contributed by atoms with Crippen LogP contribution in [0.15, 0.2) is 60.8 Å². The van der Waals surface area contributed by atoms with E-state index >= 15 is 0 Å². The first kappa shape index (κ1) is 24.1. The van der Waals surface area contributed by atoms with Crippen LogP contribution in [0, 0.1) is 0 Å². The van der Waals surface area contributed by atoms with Crippen molar-refractivity contribution >= 4 is 5.97 Å². The Morgan fingerprint density at radius 1 is 0.808 bits per heavy atom. The van der Waals surface area contributed by atoms with Gasteiger partial charge in [0, 0.05) is 6.61 Å². The number of ether oxygens (including phenoxy) is 1. The van der Waals surface area contributed by atoms with Gasteiger partial charge in [-0.3, -0.25) is 0 Å². The maximum absolute atomic E-state index is 10.5. The Balaban J connectivity index is 3.46. The van der Waals surface area contributed by atoms with Gasteiger partial charge >= 0.3 is 0 Å². The molecule has 0 spiro atoms. The van der Waals surface area contributed by atoms with E-state index in [9.17, 15) is 9.90 Å². The molecule has 3 heteroatoms. The molecule has 146 valence electrons. The Kier molecular flexibility index (Phi) is 18.1. The molecule has 0 rings (SSSR count). The minimum absolute atomic E-state index is 0.472. The van der Waals surface area contributed by atoms with Crippen LogP contribution in [0.5, 0.6) is 0 Å². The van der Waals surface area contributed by atoms with Gasteiger partial charge in [-0.15, -0.1) is 0 Å². The first-order chi connectivity index (χ1) is 12.7. The zero-order valence-corrected chi connectivity index (χ0v) is 16.4. The van der Waals surface area contributed by atoms with Gasteiger partial charge in [-0.05, 0) is 58.3 Å². The lowest BCUT2D eigenvalue weighted by Crippen LogP contribution is -2.35. The molecule has 0 aromatic carbocycles. The summed E-state index contributed by atoms with van der Waals surface area (Å²) in [6.07, 6.45) is 29.0. The molecule has 0 saturated heterocycles. The first-order valence-electron chi connectivity index (χ1n) is 9.75. The van der Waals surface area contributed by atoms with Crippen LogP contribution >= 0.6 is 0 Å². The van der Waals surface area contributed by atoms with Crippen molar-refractivity contribution in [3.8, 4) is 0 Å². The van der Waals surface area contributed by atoms with Crippen LogP contribution in [0.2, 0.25) is 0 Å². The van der Waals surface area contributed by atoms with Gasteiger partial charge in [0.1, 0.15) is 0 Å². The number of aliphatic carboxylic acids is 1. The van der Waals surface area contributed by atoms with E-state index in [2.05, 4.69) is 67.7 Å². The second kappa shape index (κ2) is 19.5. The minimum Gasteiger partial charge on any atom is -0.547 e. The molecule has 0 N–H and O–H groups in total. The summed E-state index contributed by atoms with van der Waals surface area (Å²) in [6.45, 7) is 4.12. The summed E-state index contributed by atoms with van der Waals surface area (Å²) in [7, 11) is 0. The van der Waals surface area contributed by atoms with Crippen molar-refractivity contribution in [2.75, 3.05) is 6.61 Å². The Morgan fingerprint density at radius 2 is 1.27 bits per heavy atom. The van der Waals surface area contributed by atoms with Crippen molar-refractivity contribution in [2.24, 2.45) is 0 Å². The molecule has 0 aromatic heterocycles. The maximum Gasteiger partial charge on any atom is 0.0940 e. The molecule has 0 amide bonds. The third kappa shape index (κ3) is 18.5. The summed E-state index contributed by atoms with van der Waals surface area (Å²) in [5.74, 6) is -1.15. The molecule has 0 aliphatic heterocycles. The zero-order chi connectivity index (χ0) is 19.3. The second-order valence-corrected chi connectivity index (χ2v) is 6.04. The van der Waals surface area contributed by atoms with E-state index in [0.717, 1.165) is 51.4 Å². The van der Waals surface area contributed by atoms with Gasteiger partial charge in [-0.2, -0.15) is 0 Å². The Bertz CT molecular complexity index is 470. The summed E-state index contributed by atoms with van der Waals surface area (Å²) in [5, 5.41) is 10.5. The number of hydrogen-bond donors (Lipinski definition) is 0. The molecular formula is C23H35O3-. The van der Waals surface area contributed by atoms with Crippen LogP contribution in [-0.4, -0.2) is 18.7 Å². The normalized spacial score (nSPS) is 13.9. The number of hydrogen-bond acceptors (Lipinski definition) is 3. The fraction of sp³-hybridized carbons (Fsp3) is 0.522. The van der Waals surface area contributed by atoms with Gasteiger partial charge in [0.2, 0.25) is 0 Å². The SMILES string of the molecule is CC/C=C\C/C=C\C/C=C\C/C=C\C/C=C\CCCCOC(C)C(=O)[O-]. The van der Waals surface area contributed by atoms with E-state index < -0.39 is 12.1 Å². The lowest BCUT2D eigenvalue weighted by molar-refractivity contribution is -0.315. The highest BCUT2D eigenvalue weighted by Crippen LogP contribution is 2.01. The molecule has 0 aliphatic carbocycles. The van der Waals surface area contributed by atoms with E-state index in [1.54, 1.807) is 0 Å². The summed E-state index contributed by atoms with van der Waals surface area (Å²) < 4.78 is 5.12.